The van der Waals surface area contributed by atoms with Gasteiger partial charge in [0.1, 0.15) is 12.4 Å². The van der Waals surface area contributed by atoms with Crippen molar-refractivity contribution in [2.75, 3.05) is 7.11 Å². The van der Waals surface area contributed by atoms with E-state index in [1.165, 1.54) is 4.68 Å². The van der Waals surface area contributed by atoms with Crippen molar-refractivity contribution in [3.63, 3.8) is 0 Å². The number of halogens is 5. The molecule has 0 N–H and O–H groups in total. The molecular formula is C27H22Br3Cl2N3O3. The van der Waals surface area contributed by atoms with E-state index in [2.05, 4.69) is 52.9 Å². The lowest BCUT2D eigenvalue weighted by Crippen LogP contribution is -2.29. The number of hydrogen-bond donors (Lipinski definition) is 0. The van der Waals surface area contributed by atoms with Crippen molar-refractivity contribution < 1.29 is 9.47 Å². The summed E-state index contributed by atoms with van der Waals surface area (Å²) in [4.78, 5) is 18.2. The van der Waals surface area contributed by atoms with Gasteiger partial charge in [0, 0.05) is 19.9 Å². The number of ether oxygens (including phenoxy) is 2. The van der Waals surface area contributed by atoms with E-state index < -0.39 is 5.41 Å². The monoisotopic (exact) mass is 743 g/mol. The normalized spacial score (nSPS) is 11.9. The quantitative estimate of drug-likeness (QED) is 0.185. The first-order valence-corrected chi connectivity index (χ1v) is 14.4. The topological polar surface area (TPSA) is 65.7 Å². The van der Waals surface area contributed by atoms with Crippen LogP contribution in [0, 0.1) is 0 Å². The van der Waals surface area contributed by atoms with Crippen LogP contribution in [-0.4, -0.2) is 23.0 Å². The largest absolute Gasteiger partial charge is 0.493 e. The minimum atomic E-state index is -0.435. The molecule has 0 radical (unpaired) electrons. The molecule has 0 saturated heterocycles. The molecule has 4 aromatic rings. The molecule has 6 nitrogen and oxygen atoms in total. The van der Waals surface area contributed by atoms with Crippen LogP contribution >= 0.6 is 71.0 Å². The Kier molecular flexibility index (Phi) is 8.94. The highest BCUT2D eigenvalue weighted by molar-refractivity contribution is 9.13. The van der Waals surface area contributed by atoms with E-state index in [1.807, 2.05) is 39.0 Å². The average Bonchev–Trinajstić information content (AvgIpc) is 2.86. The molecule has 4 rings (SSSR count). The van der Waals surface area contributed by atoms with Gasteiger partial charge < -0.3 is 9.47 Å². The Hall–Kier alpha value is -1.91. The second-order valence-corrected chi connectivity index (χ2v) is 12.7. The maximum atomic E-state index is 13.5. The Bertz CT molecular complexity index is 1630. The van der Waals surface area contributed by atoms with E-state index >= 15 is 0 Å². The van der Waals surface area contributed by atoms with Crippen LogP contribution in [0.2, 0.25) is 10.0 Å². The van der Waals surface area contributed by atoms with Crippen molar-refractivity contribution in [1.29, 1.82) is 0 Å². The molecule has 198 valence electrons. The molecule has 0 aliphatic carbocycles. The molecule has 0 amide bonds. The second-order valence-electron chi connectivity index (χ2n) is 9.37. The van der Waals surface area contributed by atoms with Gasteiger partial charge >= 0.3 is 0 Å². The first kappa shape index (κ1) is 29.1. The number of aromatic nitrogens is 2. The Morgan fingerprint density at radius 2 is 1.76 bits per heavy atom. The van der Waals surface area contributed by atoms with Crippen molar-refractivity contribution in [2.24, 2.45) is 5.10 Å². The molecule has 0 atom stereocenters. The SMILES string of the molecule is COc1cc(C=Nn2c(C(C)(C)C)nc3ccc(Br)cc3c2=O)c(Br)c(Br)c1OCc1ccc(Cl)c(Cl)c1. The van der Waals surface area contributed by atoms with Gasteiger partial charge in [0.05, 0.1) is 38.7 Å². The molecule has 0 aliphatic heterocycles. The summed E-state index contributed by atoms with van der Waals surface area (Å²) in [5, 5.41) is 5.96. The number of methoxy groups -OCH3 is 1. The lowest BCUT2D eigenvalue weighted by molar-refractivity contribution is 0.282. The summed E-state index contributed by atoms with van der Waals surface area (Å²) in [6.07, 6.45) is 1.59. The fourth-order valence-electron chi connectivity index (χ4n) is 3.63. The Morgan fingerprint density at radius 1 is 1.03 bits per heavy atom. The van der Waals surface area contributed by atoms with Crippen LogP contribution in [0.5, 0.6) is 11.5 Å². The lowest BCUT2D eigenvalue weighted by Gasteiger charge is -2.21. The zero-order chi connectivity index (χ0) is 27.8. The fourth-order valence-corrected chi connectivity index (χ4v) is 5.25. The Labute approximate surface area is 255 Å². The van der Waals surface area contributed by atoms with E-state index in [4.69, 9.17) is 37.7 Å². The van der Waals surface area contributed by atoms with E-state index in [1.54, 1.807) is 37.6 Å². The third-order valence-corrected chi connectivity index (χ3v) is 8.91. The van der Waals surface area contributed by atoms with Crippen molar-refractivity contribution in [1.82, 2.24) is 9.66 Å². The zero-order valence-electron chi connectivity index (χ0n) is 20.8. The molecule has 0 saturated carbocycles. The molecule has 1 aromatic heterocycles. The van der Waals surface area contributed by atoms with Gasteiger partial charge in [-0.05, 0) is 73.8 Å². The van der Waals surface area contributed by atoms with E-state index in [-0.39, 0.29) is 12.2 Å². The van der Waals surface area contributed by atoms with Gasteiger partial charge in [-0.1, -0.05) is 66.0 Å². The van der Waals surface area contributed by atoms with Crippen LogP contribution in [0.1, 0.15) is 37.7 Å². The van der Waals surface area contributed by atoms with Crippen LogP contribution in [0.4, 0.5) is 0 Å². The molecule has 0 unspecified atom stereocenters. The summed E-state index contributed by atoms with van der Waals surface area (Å²) >= 11 is 22.8. The highest BCUT2D eigenvalue weighted by Crippen LogP contribution is 2.43. The second kappa shape index (κ2) is 11.7. The van der Waals surface area contributed by atoms with Crippen LogP contribution in [0.15, 0.2) is 65.8 Å². The molecule has 11 heteroatoms. The van der Waals surface area contributed by atoms with Crippen molar-refractivity contribution in [2.45, 2.75) is 32.8 Å². The molecule has 38 heavy (non-hydrogen) atoms. The van der Waals surface area contributed by atoms with Gasteiger partial charge in [0.25, 0.3) is 5.56 Å². The molecule has 3 aromatic carbocycles. The molecule has 0 spiro atoms. The van der Waals surface area contributed by atoms with Gasteiger partial charge in [0.15, 0.2) is 11.5 Å². The predicted molar refractivity (Wildman–Crippen MR) is 165 cm³/mol. The number of rotatable bonds is 6. The fraction of sp³-hybridized carbons (Fsp3) is 0.222. The predicted octanol–water partition coefficient (Wildman–Crippen LogP) is 8.76. The minimum Gasteiger partial charge on any atom is -0.493 e. The number of fused-ring (bicyclic) bond motifs is 1. The van der Waals surface area contributed by atoms with Crippen molar-refractivity contribution in [3.8, 4) is 11.5 Å². The van der Waals surface area contributed by atoms with Crippen molar-refractivity contribution >= 4 is 88.1 Å². The van der Waals surface area contributed by atoms with Crippen LogP contribution < -0.4 is 15.0 Å². The number of benzene rings is 3. The summed E-state index contributed by atoms with van der Waals surface area (Å²) in [6, 6.07) is 12.5. The third-order valence-electron chi connectivity index (χ3n) is 5.53. The van der Waals surface area contributed by atoms with Gasteiger partial charge in [0.2, 0.25) is 0 Å². The average molecular weight is 747 g/mol. The minimum absolute atomic E-state index is 0.244. The smallest absolute Gasteiger partial charge is 0.282 e. The van der Waals surface area contributed by atoms with Gasteiger partial charge in [-0.25, -0.2) is 4.98 Å². The molecule has 1 heterocycles. The van der Waals surface area contributed by atoms with Crippen molar-refractivity contribution in [3.05, 3.63) is 93.2 Å². The lowest BCUT2D eigenvalue weighted by atomic mass is 9.95. The molecule has 0 aliphatic rings. The Balaban J connectivity index is 1.75. The molecule has 0 bridgehead atoms. The molecular weight excluding hydrogens is 725 g/mol. The first-order valence-electron chi connectivity index (χ1n) is 11.3. The van der Waals surface area contributed by atoms with E-state index in [0.717, 1.165) is 10.0 Å². The van der Waals surface area contributed by atoms with Gasteiger partial charge in [-0.15, -0.1) is 0 Å². The number of nitrogens with zero attached hydrogens (tertiary/aromatic N) is 3. The van der Waals surface area contributed by atoms with Crippen LogP contribution in [0.25, 0.3) is 10.9 Å². The Morgan fingerprint density at radius 3 is 2.42 bits per heavy atom. The van der Waals surface area contributed by atoms with E-state index in [9.17, 15) is 4.79 Å². The summed E-state index contributed by atoms with van der Waals surface area (Å²) < 4.78 is 15.1. The maximum absolute atomic E-state index is 13.5. The first-order chi connectivity index (χ1) is 17.9. The van der Waals surface area contributed by atoms with Crippen LogP contribution in [0.3, 0.4) is 0 Å². The summed E-state index contributed by atoms with van der Waals surface area (Å²) in [5.74, 6) is 1.51. The summed E-state index contributed by atoms with van der Waals surface area (Å²) in [6.45, 7) is 6.21. The highest BCUT2D eigenvalue weighted by Gasteiger charge is 2.23. The third kappa shape index (κ3) is 6.12. The molecule has 0 fully saturated rings. The number of hydrogen-bond acceptors (Lipinski definition) is 5. The maximum Gasteiger partial charge on any atom is 0.282 e. The van der Waals surface area contributed by atoms with Gasteiger partial charge in [-0.2, -0.15) is 9.78 Å². The van der Waals surface area contributed by atoms with Crippen LogP contribution in [-0.2, 0) is 12.0 Å². The highest BCUT2D eigenvalue weighted by atomic mass is 79.9. The van der Waals surface area contributed by atoms with Gasteiger partial charge in [-0.3, -0.25) is 4.79 Å². The zero-order valence-corrected chi connectivity index (χ0v) is 27.1. The van der Waals surface area contributed by atoms with E-state index in [0.29, 0.717) is 52.8 Å². The summed E-state index contributed by atoms with van der Waals surface area (Å²) in [7, 11) is 1.55. The summed E-state index contributed by atoms with van der Waals surface area (Å²) in [5.41, 5.74) is 1.43. The standard InChI is InChI=1S/C27H22Br3Cl2N3O3/c1-27(2,3)26-34-20-8-6-16(28)11-17(20)25(36)35(26)33-12-15-10-21(37-4)24(23(30)22(15)29)38-13-14-5-7-18(31)19(32)9-14/h5-12H,13H2,1-4H3.